The molecule has 1 rings (SSSR count). The Bertz CT molecular complexity index is 225. The molecule has 86 valence electrons. The zero-order valence-corrected chi connectivity index (χ0v) is 8.33. The molecule has 1 fully saturated rings. The van der Waals surface area contributed by atoms with Crippen molar-refractivity contribution >= 4 is 13.1 Å². The molecule has 0 spiro atoms. The molecule has 0 aromatic heterocycles. The van der Waals surface area contributed by atoms with Gasteiger partial charge in [0, 0.05) is 12.5 Å². The Labute approximate surface area is 88.1 Å². The number of aliphatic carboxylic acids is 1. The number of carboxylic acids is 1. The number of aliphatic hydroxyl groups is 1. The first-order chi connectivity index (χ1) is 7.02. The van der Waals surface area contributed by atoms with Gasteiger partial charge in [0.1, 0.15) is 6.04 Å². The van der Waals surface area contributed by atoms with Crippen molar-refractivity contribution in [2.45, 2.75) is 31.3 Å². The monoisotopic (exact) mass is 217 g/mol. The first-order valence-corrected chi connectivity index (χ1v) is 5.02. The van der Waals surface area contributed by atoms with Gasteiger partial charge in [-0.25, -0.2) is 0 Å². The van der Waals surface area contributed by atoms with Crippen molar-refractivity contribution in [1.82, 2.24) is 5.32 Å². The topological polar surface area (TPSA) is 110 Å². The Morgan fingerprint density at radius 1 is 1.47 bits per heavy atom. The van der Waals surface area contributed by atoms with Gasteiger partial charge in [0.2, 0.25) is 0 Å². The fourth-order valence-corrected chi connectivity index (χ4v) is 1.94. The van der Waals surface area contributed by atoms with Gasteiger partial charge in [-0.3, -0.25) is 4.79 Å². The van der Waals surface area contributed by atoms with Crippen LogP contribution < -0.4 is 5.32 Å². The first kappa shape index (κ1) is 12.4. The Balaban J connectivity index is 2.39. The summed E-state index contributed by atoms with van der Waals surface area (Å²) in [5.74, 6) is -1.32. The van der Waals surface area contributed by atoms with Crippen molar-refractivity contribution in [2.75, 3.05) is 6.54 Å². The highest BCUT2D eigenvalue weighted by molar-refractivity contribution is 6.40. The number of aliphatic hydroxyl groups excluding tert-OH is 1. The van der Waals surface area contributed by atoms with Crippen LogP contribution in [0.5, 0.6) is 0 Å². The summed E-state index contributed by atoms with van der Waals surface area (Å²) < 4.78 is 0. The van der Waals surface area contributed by atoms with Gasteiger partial charge in [-0.1, -0.05) is 6.42 Å². The predicted molar refractivity (Wildman–Crippen MR) is 53.2 cm³/mol. The minimum atomic E-state index is -1.36. The fraction of sp³-hybridized carbons (Fsp3) is 0.875. The average Bonchev–Trinajstić information content (AvgIpc) is 2.47. The highest BCUT2D eigenvalue weighted by atomic mass is 16.4. The van der Waals surface area contributed by atoms with Crippen LogP contribution >= 0.6 is 0 Å². The Hall–Kier alpha value is -0.625. The maximum Gasteiger partial charge on any atom is 0.451 e. The highest BCUT2D eigenvalue weighted by Gasteiger charge is 2.38. The van der Waals surface area contributed by atoms with Gasteiger partial charge in [-0.2, -0.15) is 0 Å². The molecule has 6 nitrogen and oxygen atoms in total. The highest BCUT2D eigenvalue weighted by Crippen LogP contribution is 2.22. The maximum absolute atomic E-state index is 10.8. The zero-order valence-electron chi connectivity index (χ0n) is 8.33. The zero-order chi connectivity index (χ0) is 11.4. The number of rotatable bonds is 5. The molecule has 7 heteroatoms. The number of hydrogen-bond donors (Lipinski definition) is 5. The lowest BCUT2D eigenvalue weighted by Gasteiger charge is -2.17. The van der Waals surface area contributed by atoms with Crippen LogP contribution in [0.3, 0.4) is 0 Å². The van der Waals surface area contributed by atoms with Crippen LogP contribution in [0.15, 0.2) is 0 Å². The summed E-state index contributed by atoms with van der Waals surface area (Å²) >= 11 is 0. The van der Waals surface area contributed by atoms with Gasteiger partial charge in [0.05, 0.1) is 6.10 Å². The third-order valence-electron chi connectivity index (χ3n) is 2.74. The normalized spacial score (nSPS) is 30.5. The van der Waals surface area contributed by atoms with E-state index in [1.807, 2.05) is 0 Å². The summed E-state index contributed by atoms with van der Waals surface area (Å²) in [6, 6.07) is -0.726. The summed E-state index contributed by atoms with van der Waals surface area (Å²) in [7, 11) is -1.36. The summed E-state index contributed by atoms with van der Waals surface area (Å²) in [6.07, 6.45) is 0.505. The number of carboxylic acid groups (broad SMARTS) is 1. The van der Waals surface area contributed by atoms with Gasteiger partial charge in [0.25, 0.3) is 0 Å². The second-order valence-corrected chi connectivity index (χ2v) is 3.87. The number of carbonyl (C=O) groups is 1. The van der Waals surface area contributed by atoms with Crippen molar-refractivity contribution in [3.63, 3.8) is 0 Å². The van der Waals surface area contributed by atoms with E-state index in [1.54, 1.807) is 0 Å². The summed E-state index contributed by atoms with van der Waals surface area (Å²) in [5, 5.41) is 38.3. The Morgan fingerprint density at radius 3 is 2.67 bits per heavy atom. The van der Waals surface area contributed by atoms with Crippen LogP contribution in [0, 0.1) is 5.92 Å². The standard InChI is InChI=1S/C8H16BNO5/c11-6-4-10-7(8(12)13)5(6)2-1-3-9(14)15/h5-7,10-11,14-15H,1-4H2,(H,12,13)/t5-,6+,7-/m0/s1. The van der Waals surface area contributed by atoms with E-state index in [2.05, 4.69) is 5.32 Å². The first-order valence-electron chi connectivity index (χ1n) is 5.02. The van der Waals surface area contributed by atoms with E-state index in [0.29, 0.717) is 12.8 Å². The van der Waals surface area contributed by atoms with E-state index in [1.165, 1.54) is 0 Å². The molecule has 15 heavy (non-hydrogen) atoms. The van der Waals surface area contributed by atoms with E-state index >= 15 is 0 Å². The molecule has 0 saturated carbocycles. The molecule has 1 heterocycles. The fourth-order valence-electron chi connectivity index (χ4n) is 1.94. The van der Waals surface area contributed by atoms with Crippen molar-refractivity contribution in [2.24, 2.45) is 5.92 Å². The molecule has 3 atom stereocenters. The van der Waals surface area contributed by atoms with Gasteiger partial charge in [-0.15, -0.1) is 0 Å². The van der Waals surface area contributed by atoms with Crippen LogP contribution in [-0.4, -0.2) is 52.0 Å². The van der Waals surface area contributed by atoms with Crippen molar-refractivity contribution in [1.29, 1.82) is 0 Å². The van der Waals surface area contributed by atoms with E-state index in [4.69, 9.17) is 15.2 Å². The second-order valence-electron chi connectivity index (χ2n) is 3.87. The lowest BCUT2D eigenvalue weighted by atomic mass is 9.81. The van der Waals surface area contributed by atoms with Gasteiger partial charge >= 0.3 is 13.1 Å². The molecule has 0 radical (unpaired) electrons. The molecule has 0 bridgehead atoms. The van der Waals surface area contributed by atoms with E-state index in [9.17, 15) is 9.90 Å². The molecule has 1 aliphatic heterocycles. The SMILES string of the molecule is O=C(O)[C@H]1NC[C@@H](O)[C@@H]1CCCB(O)O. The molecule has 0 unspecified atom stereocenters. The lowest BCUT2D eigenvalue weighted by Crippen LogP contribution is -2.36. The minimum absolute atomic E-state index is 0.204. The third-order valence-corrected chi connectivity index (χ3v) is 2.74. The van der Waals surface area contributed by atoms with Crippen LogP contribution in [0.2, 0.25) is 6.32 Å². The Morgan fingerprint density at radius 2 is 2.13 bits per heavy atom. The van der Waals surface area contributed by atoms with Gasteiger partial charge in [-0.05, 0) is 12.7 Å². The smallest absolute Gasteiger partial charge is 0.451 e. The van der Waals surface area contributed by atoms with E-state index in [-0.39, 0.29) is 18.8 Å². The third kappa shape index (κ3) is 3.46. The number of nitrogens with one attached hydrogen (secondary N) is 1. The summed E-state index contributed by atoms with van der Waals surface area (Å²) in [4.78, 5) is 10.8. The molecule has 0 aromatic carbocycles. The number of β-amino-alcohol motifs (C(OH)–C–C–N with tert-alkyl or cyclic N) is 1. The van der Waals surface area contributed by atoms with E-state index in [0.717, 1.165) is 0 Å². The molecule has 1 aliphatic rings. The molecular weight excluding hydrogens is 201 g/mol. The minimum Gasteiger partial charge on any atom is -0.480 e. The van der Waals surface area contributed by atoms with Crippen LogP contribution in [-0.2, 0) is 4.79 Å². The van der Waals surface area contributed by atoms with Gasteiger partial charge in [0.15, 0.2) is 0 Å². The molecule has 0 aliphatic carbocycles. The molecule has 1 saturated heterocycles. The summed E-state index contributed by atoms with van der Waals surface area (Å²) in [6.45, 7) is 0.281. The lowest BCUT2D eigenvalue weighted by molar-refractivity contribution is -0.140. The largest absolute Gasteiger partial charge is 0.480 e. The van der Waals surface area contributed by atoms with Crippen molar-refractivity contribution in [3.05, 3.63) is 0 Å². The molecule has 0 amide bonds. The van der Waals surface area contributed by atoms with Crippen LogP contribution in [0.25, 0.3) is 0 Å². The number of hydrogen-bond acceptors (Lipinski definition) is 5. The van der Waals surface area contributed by atoms with Crippen LogP contribution in [0.1, 0.15) is 12.8 Å². The predicted octanol–water partition coefficient (Wildman–Crippen LogP) is -1.73. The molecule has 5 N–H and O–H groups in total. The summed E-state index contributed by atoms with van der Waals surface area (Å²) in [5.41, 5.74) is 0. The average molecular weight is 217 g/mol. The second kappa shape index (κ2) is 5.46. The van der Waals surface area contributed by atoms with Crippen molar-refractivity contribution < 1.29 is 25.1 Å². The van der Waals surface area contributed by atoms with Crippen LogP contribution in [0.4, 0.5) is 0 Å². The molecular formula is C8H16BNO5. The maximum atomic E-state index is 10.8. The molecule has 0 aromatic rings. The van der Waals surface area contributed by atoms with E-state index < -0.39 is 25.2 Å². The quantitative estimate of drug-likeness (QED) is 0.350. The van der Waals surface area contributed by atoms with Gasteiger partial charge < -0.3 is 25.6 Å². The van der Waals surface area contributed by atoms with Crippen molar-refractivity contribution in [3.8, 4) is 0 Å². The Kier molecular flexibility index (Phi) is 4.53.